The van der Waals surface area contributed by atoms with Crippen LogP contribution >= 0.6 is 0 Å². The first-order valence-electron chi connectivity index (χ1n) is 8.07. The number of aryl methyl sites for hydroxylation is 1. The van der Waals surface area contributed by atoms with E-state index in [1.165, 1.54) is 43.5 Å². The van der Waals surface area contributed by atoms with Crippen LogP contribution in [-0.4, -0.2) is 24.0 Å². The van der Waals surface area contributed by atoms with Crippen LogP contribution in [0.5, 0.6) is 0 Å². The molecule has 112 valence electrons. The van der Waals surface area contributed by atoms with E-state index in [2.05, 4.69) is 56.9 Å². The Balaban J connectivity index is 2.23. The quantitative estimate of drug-likeness (QED) is 0.882. The number of hydrogen-bond acceptors (Lipinski definition) is 2. The first-order valence-corrected chi connectivity index (χ1v) is 8.07. The van der Waals surface area contributed by atoms with E-state index in [-0.39, 0.29) is 6.04 Å². The Labute approximate surface area is 124 Å². The van der Waals surface area contributed by atoms with E-state index >= 15 is 0 Å². The fourth-order valence-corrected chi connectivity index (χ4v) is 3.74. The molecular formula is C18H30N2. The Morgan fingerprint density at radius 3 is 2.50 bits per heavy atom. The van der Waals surface area contributed by atoms with Gasteiger partial charge >= 0.3 is 0 Å². The molecule has 2 heteroatoms. The Kier molecular flexibility index (Phi) is 4.87. The van der Waals surface area contributed by atoms with Crippen molar-refractivity contribution in [3.8, 4) is 0 Å². The normalized spacial score (nSPS) is 21.9. The summed E-state index contributed by atoms with van der Waals surface area (Å²) < 4.78 is 0. The number of nitrogens with two attached hydrogens (primary N) is 1. The van der Waals surface area contributed by atoms with E-state index in [0.29, 0.717) is 11.5 Å². The molecule has 0 aromatic heterocycles. The summed E-state index contributed by atoms with van der Waals surface area (Å²) in [4.78, 5) is 2.62. The van der Waals surface area contributed by atoms with Crippen molar-refractivity contribution in [1.82, 2.24) is 4.90 Å². The van der Waals surface area contributed by atoms with Crippen LogP contribution in [0.4, 0.5) is 0 Å². The molecule has 20 heavy (non-hydrogen) atoms. The fourth-order valence-electron chi connectivity index (χ4n) is 3.74. The van der Waals surface area contributed by atoms with Crippen LogP contribution in [0.2, 0.25) is 0 Å². The van der Waals surface area contributed by atoms with Crippen LogP contribution in [-0.2, 0) is 0 Å². The van der Waals surface area contributed by atoms with Gasteiger partial charge in [0.05, 0.1) is 0 Å². The smallest absolute Gasteiger partial charge is 0.0496 e. The van der Waals surface area contributed by atoms with E-state index in [1.54, 1.807) is 0 Å². The second-order valence-electron chi connectivity index (χ2n) is 6.65. The highest BCUT2D eigenvalue weighted by atomic mass is 15.2. The maximum Gasteiger partial charge on any atom is 0.0496 e. The first-order chi connectivity index (χ1) is 9.51. The molecular weight excluding hydrogens is 244 g/mol. The molecule has 0 aliphatic carbocycles. The van der Waals surface area contributed by atoms with E-state index in [0.717, 1.165) is 0 Å². The minimum absolute atomic E-state index is 0.168. The average molecular weight is 274 g/mol. The lowest BCUT2D eigenvalue weighted by Crippen LogP contribution is -2.39. The molecule has 1 aromatic carbocycles. The fraction of sp³-hybridized carbons (Fsp3) is 0.667. The van der Waals surface area contributed by atoms with Gasteiger partial charge in [-0.2, -0.15) is 0 Å². The molecule has 0 bridgehead atoms. The van der Waals surface area contributed by atoms with E-state index in [4.69, 9.17) is 5.73 Å². The summed E-state index contributed by atoms with van der Waals surface area (Å²) in [6, 6.07) is 9.37. The molecule has 1 heterocycles. The lowest BCUT2D eigenvalue weighted by Gasteiger charge is -2.34. The third-order valence-corrected chi connectivity index (χ3v) is 5.24. The second-order valence-corrected chi connectivity index (χ2v) is 6.65. The van der Waals surface area contributed by atoms with Crippen molar-refractivity contribution in [2.45, 2.75) is 59.0 Å². The molecule has 0 amide bonds. The standard InChI is InChI=1S/C18H30N2/c1-5-18(6-2)10-11-20(13-18)17(15(4)19)16-9-7-8-14(3)12-16/h7-9,12,15,17H,5-6,10-11,13,19H2,1-4H3. The molecule has 0 saturated carbocycles. The zero-order chi connectivity index (χ0) is 14.8. The van der Waals surface area contributed by atoms with Gasteiger partial charge in [0.2, 0.25) is 0 Å². The maximum absolute atomic E-state index is 6.33. The van der Waals surface area contributed by atoms with Crippen molar-refractivity contribution in [3.05, 3.63) is 35.4 Å². The van der Waals surface area contributed by atoms with Crippen LogP contribution in [0, 0.1) is 12.3 Å². The minimum Gasteiger partial charge on any atom is -0.326 e. The van der Waals surface area contributed by atoms with Crippen molar-refractivity contribution in [1.29, 1.82) is 0 Å². The van der Waals surface area contributed by atoms with Gasteiger partial charge < -0.3 is 5.73 Å². The highest BCUT2D eigenvalue weighted by Gasteiger charge is 2.39. The summed E-state index contributed by atoms with van der Waals surface area (Å²) in [5.41, 5.74) is 9.54. The Morgan fingerprint density at radius 1 is 1.30 bits per heavy atom. The summed E-state index contributed by atoms with van der Waals surface area (Å²) >= 11 is 0. The third kappa shape index (κ3) is 3.07. The topological polar surface area (TPSA) is 29.3 Å². The van der Waals surface area contributed by atoms with Gasteiger partial charge in [-0.15, -0.1) is 0 Å². The minimum atomic E-state index is 0.168. The predicted octanol–water partition coefficient (Wildman–Crippen LogP) is 3.90. The van der Waals surface area contributed by atoms with Crippen LogP contribution in [0.25, 0.3) is 0 Å². The molecule has 1 aromatic rings. The molecule has 1 fully saturated rings. The molecule has 0 spiro atoms. The van der Waals surface area contributed by atoms with Crippen molar-refractivity contribution in [2.24, 2.45) is 11.1 Å². The van der Waals surface area contributed by atoms with Gasteiger partial charge in [0.25, 0.3) is 0 Å². The summed E-state index contributed by atoms with van der Waals surface area (Å²) in [7, 11) is 0. The lowest BCUT2D eigenvalue weighted by atomic mass is 9.82. The molecule has 2 atom stereocenters. The first kappa shape index (κ1) is 15.5. The summed E-state index contributed by atoms with van der Waals surface area (Å²) in [6.45, 7) is 11.3. The van der Waals surface area contributed by atoms with E-state index < -0.39 is 0 Å². The molecule has 1 aliphatic rings. The number of likely N-dealkylation sites (tertiary alicyclic amines) is 1. The molecule has 2 rings (SSSR count). The van der Waals surface area contributed by atoms with Gasteiger partial charge in [-0.25, -0.2) is 0 Å². The number of hydrogen-bond donors (Lipinski definition) is 1. The van der Waals surface area contributed by atoms with Crippen LogP contribution in [0.15, 0.2) is 24.3 Å². The van der Waals surface area contributed by atoms with Crippen molar-refractivity contribution in [3.63, 3.8) is 0 Å². The number of rotatable bonds is 5. The molecule has 1 aliphatic heterocycles. The SMILES string of the molecule is CCC1(CC)CCN(C(c2cccc(C)c2)C(C)N)C1. The zero-order valence-corrected chi connectivity index (χ0v) is 13.5. The molecule has 1 saturated heterocycles. The van der Waals surface area contributed by atoms with Gasteiger partial charge in [-0.1, -0.05) is 43.7 Å². The van der Waals surface area contributed by atoms with Gasteiger partial charge in [-0.3, -0.25) is 4.90 Å². The molecule has 0 radical (unpaired) electrons. The van der Waals surface area contributed by atoms with Gasteiger partial charge in [0, 0.05) is 18.6 Å². The third-order valence-electron chi connectivity index (χ3n) is 5.24. The van der Waals surface area contributed by atoms with Crippen molar-refractivity contribution >= 4 is 0 Å². The van der Waals surface area contributed by atoms with Crippen LogP contribution in [0.1, 0.15) is 57.2 Å². The van der Waals surface area contributed by atoms with Crippen molar-refractivity contribution < 1.29 is 0 Å². The van der Waals surface area contributed by atoms with Crippen molar-refractivity contribution in [2.75, 3.05) is 13.1 Å². The Hall–Kier alpha value is -0.860. The molecule has 2 unspecified atom stereocenters. The molecule has 2 N–H and O–H groups in total. The Bertz CT molecular complexity index is 435. The summed E-state index contributed by atoms with van der Waals surface area (Å²) in [6.07, 6.45) is 3.87. The second kappa shape index (κ2) is 6.28. The Morgan fingerprint density at radius 2 is 2.00 bits per heavy atom. The number of nitrogens with zero attached hydrogens (tertiary/aromatic N) is 1. The highest BCUT2D eigenvalue weighted by Crippen LogP contribution is 2.41. The molecule has 2 nitrogen and oxygen atoms in total. The monoisotopic (exact) mass is 274 g/mol. The highest BCUT2D eigenvalue weighted by molar-refractivity contribution is 5.26. The summed E-state index contributed by atoms with van der Waals surface area (Å²) in [5, 5.41) is 0. The zero-order valence-electron chi connectivity index (χ0n) is 13.5. The van der Waals surface area contributed by atoms with Gasteiger partial charge in [-0.05, 0) is 50.6 Å². The maximum atomic E-state index is 6.33. The van der Waals surface area contributed by atoms with Crippen LogP contribution in [0.3, 0.4) is 0 Å². The van der Waals surface area contributed by atoms with E-state index in [1.807, 2.05) is 0 Å². The predicted molar refractivity (Wildman–Crippen MR) is 86.8 cm³/mol. The van der Waals surface area contributed by atoms with Gasteiger partial charge in [0.15, 0.2) is 0 Å². The largest absolute Gasteiger partial charge is 0.326 e. The van der Waals surface area contributed by atoms with Crippen LogP contribution < -0.4 is 5.73 Å². The number of benzene rings is 1. The van der Waals surface area contributed by atoms with E-state index in [9.17, 15) is 0 Å². The summed E-state index contributed by atoms with van der Waals surface area (Å²) in [5.74, 6) is 0. The average Bonchev–Trinajstić information content (AvgIpc) is 2.83. The van der Waals surface area contributed by atoms with Gasteiger partial charge in [0.1, 0.15) is 0 Å². The lowest BCUT2D eigenvalue weighted by molar-refractivity contribution is 0.178.